The molecular formula is C37H37F3N4O9S. The number of carbonyl (C=O) groups excluding carboxylic acids is 3. The van der Waals surface area contributed by atoms with E-state index in [1.807, 2.05) is 6.07 Å². The highest BCUT2D eigenvalue weighted by Crippen LogP contribution is 2.42. The predicted octanol–water partition coefficient (Wildman–Crippen LogP) is 6.15. The number of ether oxygens (including phenoxy) is 6. The summed E-state index contributed by atoms with van der Waals surface area (Å²) in [5.41, 5.74) is -1.62. The van der Waals surface area contributed by atoms with Crippen LogP contribution in [0, 0.1) is 28.8 Å². The summed E-state index contributed by atoms with van der Waals surface area (Å²) < 4.78 is 78.0. The van der Waals surface area contributed by atoms with Crippen molar-refractivity contribution in [2.45, 2.75) is 61.9 Å². The second kappa shape index (κ2) is 20.1. The number of benzene rings is 2. The quantitative estimate of drug-likeness (QED) is 0.0506. The molecule has 0 N–H and O–H groups in total. The van der Waals surface area contributed by atoms with Gasteiger partial charge in [0.2, 0.25) is 6.29 Å². The van der Waals surface area contributed by atoms with Gasteiger partial charge >= 0.3 is 18.1 Å². The fourth-order valence-electron chi connectivity index (χ4n) is 5.13. The number of thioether (sulfide) groups is 1. The largest absolute Gasteiger partial charge is 0.512 e. The summed E-state index contributed by atoms with van der Waals surface area (Å²) in [4.78, 5) is 41.3. The average Bonchev–Trinajstić information content (AvgIpc) is 3.65. The van der Waals surface area contributed by atoms with Gasteiger partial charge in [0.15, 0.2) is 11.9 Å². The molecule has 0 bridgehead atoms. The van der Waals surface area contributed by atoms with E-state index in [2.05, 4.69) is 16.7 Å². The molecule has 1 unspecified atom stereocenters. The molecule has 2 aromatic carbocycles. The van der Waals surface area contributed by atoms with E-state index in [0.717, 1.165) is 18.2 Å². The topological polar surface area (TPSA) is 161 Å². The van der Waals surface area contributed by atoms with E-state index in [1.54, 1.807) is 25.2 Å². The molecule has 1 saturated heterocycles. The predicted molar refractivity (Wildman–Crippen MR) is 187 cm³/mol. The van der Waals surface area contributed by atoms with Crippen molar-refractivity contribution in [1.29, 1.82) is 5.26 Å². The number of halogens is 3. The Morgan fingerprint density at radius 1 is 1.07 bits per heavy atom. The Kier molecular flexibility index (Phi) is 15.4. The zero-order chi connectivity index (χ0) is 39.1. The van der Waals surface area contributed by atoms with Gasteiger partial charge in [0.1, 0.15) is 36.7 Å². The number of rotatable bonds is 17. The van der Waals surface area contributed by atoms with Crippen LogP contribution < -0.4 is 0 Å². The first-order chi connectivity index (χ1) is 25.9. The van der Waals surface area contributed by atoms with Gasteiger partial charge in [-0.25, -0.2) is 27.6 Å². The summed E-state index contributed by atoms with van der Waals surface area (Å²) >= 11 is 1.23. The molecule has 0 saturated carbocycles. The summed E-state index contributed by atoms with van der Waals surface area (Å²) in [7, 11) is 0. The lowest BCUT2D eigenvalue weighted by Crippen LogP contribution is -2.47. The number of nitriles is 1. The normalized spacial score (nSPS) is 17.9. The molecule has 1 aromatic heterocycles. The second-order valence-electron chi connectivity index (χ2n) is 11.6. The van der Waals surface area contributed by atoms with Crippen LogP contribution in [0.2, 0.25) is 0 Å². The molecule has 1 aliphatic rings. The third kappa shape index (κ3) is 12.0. The average molecular weight is 771 g/mol. The van der Waals surface area contributed by atoms with Crippen LogP contribution >= 0.6 is 11.8 Å². The standard InChI is InChI=1S/C37H37F3N4O9S/c1-4-15-48-33(45)13-14-34(46)51-25(3)52-36(47)53-37(21-44-23-42-22-43-44,30-12-11-28(38)17-32(30)40)24(2)54-29-19-49-35(50-20-29)8-6-5-7-27-10-9-26(18-41)16-31(27)39/h4-12,16-17,22-25,29,35H,1,13-15,19-21H2,2-3H3/b7-5+,8-6+/t24-,25?,29?,35?,37-/m1/s1. The Morgan fingerprint density at radius 2 is 1.83 bits per heavy atom. The van der Waals surface area contributed by atoms with Gasteiger partial charge in [0, 0.05) is 29.4 Å². The number of hydrogen-bond acceptors (Lipinski definition) is 13. The third-order valence-corrected chi connectivity index (χ3v) is 9.15. The number of aromatic nitrogens is 3. The Hall–Kier alpha value is -5.44. The molecule has 17 heteroatoms. The maximum Gasteiger partial charge on any atom is 0.512 e. The molecule has 4 rings (SSSR count). The van der Waals surface area contributed by atoms with Gasteiger partial charge in [-0.15, -0.1) is 11.8 Å². The number of hydrogen-bond donors (Lipinski definition) is 0. The monoisotopic (exact) mass is 770 g/mol. The lowest BCUT2D eigenvalue weighted by atomic mass is 9.89. The SMILES string of the molecule is C=CCOC(=O)CCC(=O)OC(C)OC(=O)O[C@@](Cn1cncn1)(c1ccc(F)cc1F)[C@@H](C)SC1COC(/C=C/C=C/c2ccc(C#N)cc2F)OC1. The molecule has 0 aliphatic carbocycles. The van der Waals surface area contributed by atoms with Crippen LogP contribution in [0.5, 0.6) is 0 Å². The van der Waals surface area contributed by atoms with Crippen molar-refractivity contribution >= 4 is 35.9 Å². The molecule has 286 valence electrons. The van der Waals surface area contributed by atoms with E-state index < -0.39 is 59.0 Å². The third-order valence-electron chi connectivity index (χ3n) is 7.70. The van der Waals surface area contributed by atoms with Gasteiger partial charge in [-0.2, -0.15) is 10.4 Å². The summed E-state index contributed by atoms with van der Waals surface area (Å²) in [6.45, 7) is 6.32. The van der Waals surface area contributed by atoms with Crippen LogP contribution in [0.25, 0.3) is 6.08 Å². The number of esters is 2. The first-order valence-electron chi connectivity index (χ1n) is 16.5. The molecule has 2 heterocycles. The maximum absolute atomic E-state index is 15.7. The van der Waals surface area contributed by atoms with Crippen molar-refractivity contribution in [3.63, 3.8) is 0 Å². The van der Waals surface area contributed by atoms with Crippen molar-refractivity contribution in [2.24, 2.45) is 0 Å². The molecule has 0 amide bonds. The van der Waals surface area contributed by atoms with Crippen molar-refractivity contribution in [2.75, 3.05) is 19.8 Å². The van der Waals surface area contributed by atoms with Gasteiger partial charge in [-0.1, -0.05) is 36.9 Å². The van der Waals surface area contributed by atoms with Crippen molar-refractivity contribution in [3.8, 4) is 6.07 Å². The summed E-state index contributed by atoms with van der Waals surface area (Å²) in [6, 6.07) is 8.82. The summed E-state index contributed by atoms with van der Waals surface area (Å²) in [5.74, 6) is -3.95. The molecule has 3 aromatic rings. The Labute approximate surface area is 313 Å². The molecule has 0 radical (unpaired) electrons. The molecular weight excluding hydrogens is 733 g/mol. The van der Waals surface area contributed by atoms with E-state index in [9.17, 15) is 23.2 Å². The zero-order valence-electron chi connectivity index (χ0n) is 29.3. The van der Waals surface area contributed by atoms with Gasteiger partial charge in [-0.3, -0.25) is 9.59 Å². The number of carbonyl (C=O) groups is 3. The molecule has 13 nitrogen and oxygen atoms in total. The first kappa shape index (κ1) is 41.3. The summed E-state index contributed by atoms with van der Waals surface area (Å²) in [6.07, 6.45) is 6.05. The highest BCUT2D eigenvalue weighted by molar-refractivity contribution is 8.00. The molecule has 3 atom stereocenters. The van der Waals surface area contributed by atoms with Crippen molar-refractivity contribution in [1.82, 2.24) is 14.8 Å². The van der Waals surface area contributed by atoms with Crippen LogP contribution in [-0.4, -0.2) is 75.8 Å². The van der Waals surface area contributed by atoms with Crippen molar-refractivity contribution in [3.05, 3.63) is 114 Å². The molecule has 1 aliphatic heterocycles. The van der Waals surface area contributed by atoms with Gasteiger partial charge < -0.3 is 28.4 Å². The molecule has 54 heavy (non-hydrogen) atoms. The van der Waals surface area contributed by atoms with Gasteiger partial charge in [-0.05, 0) is 37.3 Å². The van der Waals surface area contributed by atoms with Gasteiger partial charge in [0.05, 0.1) is 49.5 Å². The Morgan fingerprint density at radius 3 is 2.50 bits per heavy atom. The lowest BCUT2D eigenvalue weighted by Gasteiger charge is -2.40. The minimum absolute atomic E-state index is 0.0234. The van der Waals surface area contributed by atoms with Crippen LogP contribution in [0.15, 0.2) is 79.9 Å². The van der Waals surface area contributed by atoms with E-state index in [1.165, 1.54) is 60.3 Å². The first-order valence-corrected chi connectivity index (χ1v) is 17.4. The second-order valence-corrected chi connectivity index (χ2v) is 13.3. The molecule has 1 fully saturated rings. The Balaban J connectivity index is 1.46. The highest BCUT2D eigenvalue weighted by atomic mass is 32.2. The van der Waals surface area contributed by atoms with E-state index in [4.69, 9.17) is 33.7 Å². The van der Waals surface area contributed by atoms with E-state index >= 15 is 4.39 Å². The van der Waals surface area contributed by atoms with Crippen LogP contribution in [-0.2, 0) is 50.2 Å². The fraction of sp³-hybridized carbons (Fsp3) is 0.351. The lowest BCUT2D eigenvalue weighted by molar-refractivity contribution is -0.173. The van der Waals surface area contributed by atoms with Crippen molar-refractivity contribution < 1.29 is 56.0 Å². The summed E-state index contributed by atoms with van der Waals surface area (Å²) in [5, 5.41) is 11.8. The van der Waals surface area contributed by atoms with E-state index in [-0.39, 0.29) is 55.6 Å². The number of allylic oxidation sites excluding steroid dienone is 2. The van der Waals surface area contributed by atoms with Gasteiger partial charge in [0.25, 0.3) is 0 Å². The minimum atomic E-state index is -1.92. The smallest absolute Gasteiger partial charge is 0.461 e. The van der Waals surface area contributed by atoms with Crippen LogP contribution in [0.1, 0.15) is 43.4 Å². The van der Waals surface area contributed by atoms with Crippen LogP contribution in [0.4, 0.5) is 18.0 Å². The minimum Gasteiger partial charge on any atom is -0.461 e. The highest BCUT2D eigenvalue weighted by Gasteiger charge is 2.47. The fourth-order valence-corrected chi connectivity index (χ4v) is 6.49. The molecule has 0 spiro atoms. The zero-order valence-corrected chi connectivity index (χ0v) is 30.1. The Bertz CT molecular complexity index is 1860. The van der Waals surface area contributed by atoms with E-state index in [0.29, 0.717) is 11.6 Å². The van der Waals surface area contributed by atoms with Crippen LogP contribution in [0.3, 0.4) is 0 Å². The maximum atomic E-state index is 15.7. The number of nitrogens with zero attached hydrogens (tertiary/aromatic N) is 4.